The predicted molar refractivity (Wildman–Crippen MR) is 128 cm³/mol. The highest BCUT2D eigenvalue weighted by Gasteiger charge is 2.19. The lowest BCUT2D eigenvalue weighted by Gasteiger charge is -2.10. The third-order valence-corrected chi connectivity index (χ3v) is 6.25. The average molecular weight is 440 g/mol. The van der Waals surface area contributed by atoms with Gasteiger partial charge in [0.05, 0.1) is 27.2 Å². The fourth-order valence-corrected chi connectivity index (χ4v) is 4.50. The van der Waals surface area contributed by atoms with Crippen LogP contribution in [0.3, 0.4) is 0 Å². The van der Waals surface area contributed by atoms with Gasteiger partial charge in [-0.25, -0.2) is 4.98 Å². The first-order valence-corrected chi connectivity index (χ1v) is 11.1. The van der Waals surface area contributed by atoms with Gasteiger partial charge in [-0.1, -0.05) is 18.2 Å². The van der Waals surface area contributed by atoms with Crippen molar-refractivity contribution in [3.05, 3.63) is 94.8 Å². The van der Waals surface area contributed by atoms with E-state index >= 15 is 0 Å². The number of amides is 1. The molecule has 0 unspecified atom stereocenters. The highest BCUT2D eigenvalue weighted by molar-refractivity contribution is 7.13. The summed E-state index contributed by atoms with van der Waals surface area (Å²) in [7, 11) is 1.85. The molecule has 0 radical (unpaired) electrons. The number of fused-ring (bicyclic) bond motifs is 1. The van der Waals surface area contributed by atoms with Crippen LogP contribution in [0.2, 0.25) is 0 Å². The Morgan fingerprint density at radius 1 is 1.06 bits per heavy atom. The van der Waals surface area contributed by atoms with Gasteiger partial charge in [-0.05, 0) is 66.2 Å². The van der Waals surface area contributed by atoms with Crippen molar-refractivity contribution in [1.29, 1.82) is 0 Å². The SMILES string of the molecule is Cc1nn(C)c2nc(-c3cccs3)cc(C(=O)Nc3ccc(Cc4ccncc4)cc3)c12. The van der Waals surface area contributed by atoms with Gasteiger partial charge in [0.1, 0.15) is 0 Å². The van der Waals surface area contributed by atoms with Crippen LogP contribution in [0.15, 0.2) is 72.4 Å². The van der Waals surface area contributed by atoms with Crippen LogP contribution < -0.4 is 5.32 Å². The van der Waals surface area contributed by atoms with E-state index in [2.05, 4.69) is 15.4 Å². The van der Waals surface area contributed by atoms with Crippen LogP contribution in [-0.2, 0) is 13.5 Å². The molecule has 0 bridgehead atoms. The number of nitrogens with zero attached hydrogens (tertiary/aromatic N) is 4. The zero-order valence-electron chi connectivity index (χ0n) is 17.7. The number of nitrogens with one attached hydrogen (secondary N) is 1. The van der Waals surface area contributed by atoms with Gasteiger partial charge in [0.25, 0.3) is 5.91 Å². The molecule has 0 fully saturated rings. The van der Waals surface area contributed by atoms with Gasteiger partial charge in [-0.3, -0.25) is 14.5 Å². The Kier molecular flexibility index (Phi) is 5.25. The maximum absolute atomic E-state index is 13.3. The zero-order valence-corrected chi connectivity index (χ0v) is 18.6. The summed E-state index contributed by atoms with van der Waals surface area (Å²) < 4.78 is 1.73. The van der Waals surface area contributed by atoms with Crippen molar-refractivity contribution < 1.29 is 4.79 Å². The van der Waals surface area contributed by atoms with E-state index in [1.807, 2.05) is 73.9 Å². The molecule has 1 N–H and O–H groups in total. The molecule has 0 aliphatic rings. The maximum atomic E-state index is 13.3. The topological polar surface area (TPSA) is 72.7 Å². The smallest absolute Gasteiger partial charge is 0.256 e. The lowest BCUT2D eigenvalue weighted by Crippen LogP contribution is -2.13. The van der Waals surface area contributed by atoms with Gasteiger partial charge < -0.3 is 5.32 Å². The van der Waals surface area contributed by atoms with E-state index in [-0.39, 0.29) is 5.91 Å². The minimum absolute atomic E-state index is 0.173. The number of anilines is 1. The van der Waals surface area contributed by atoms with Crippen LogP contribution in [0.1, 0.15) is 27.2 Å². The average Bonchev–Trinajstić information content (AvgIpc) is 3.44. The molecule has 1 amide bonds. The fourth-order valence-electron chi connectivity index (χ4n) is 3.82. The van der Waals surface area contributed by atoms with Crippen LogP contribution in [0, 0.1) is 6.92 Å². The van der Waals surface area contributed by atoms with Crippen LogP contribution >= 0.6 is 11.3 Å². The number of carbonyl (C=O) groups excluding carboxylic acids is 1. The third-order valence-electron chi connectivity index (χ3n) is 5.36. The van der Waals surface area contributed by atoms with Crippen molar-refractivity contribution >= 4 is 34.0 Å². The largest absolute Gasteiger partial charge is 0.322 e. The summed E-state index contributed by atoms with van der Waals surface area (Å²) in [6.45, 7) is 1.90. The number of rotatable bonds is 5. The molecule has 0 aliphatic heterocycles. The van der Waals surface area contributed by atoms with Crippen molar-refractivity contribution in [3.63, 3.8) is 0 Å². The summed E-state index contributed by atoms with van der Waals surface area (Å²) >= 11 is 1.60. The highest BCUT2D eigenvalue weighted by Crippen LogP contribution is 2.29. The second-order valence-corrected chi connectivity index (χ2v) is 8.57. The van der Waals surface area contributed by atoms with E-state index in [4.69, 9.17) is 4.98 Å². The normalized spacial score (nSPS) is 11.1. The summed E-state index contributed by atoms with van der Waals surface area (Å²) in [5, 5.41) is 10.3. The van der Waals surface area contributed by atoms with Crippen molar-refractivity contribution in [2.24, 2.45) is 7.05 Å². The molecule has 5 aromatic rings. The quantitative estimate of drug-likeness (QED) is 0.406. The standard InChI is InChI=1S/C25H21N5OS/c1-16-23-20(15-21(22-4-3-13-32-22)28-24(23)30(2)29-16)25(31)27-19-7-5-17(6-8-19)14-18-9-11-26-12-10-18/h3-13,15H,14H2,1-2H3,(H,27,31). The molecule has 5 rings (SSSR count). The number of carbonyl (C=O) groups is 1. The summed E-state index contributed by atoms with van der Waals surface area (Å²) in [5.41, 5.74) is 5.94. The number of aromatic nitrogens is 4. The number of benzene rings is 1. The van der Waals surface area contributed by atoms with E-state index < -0.39 is 0 Å². The van der Waals surface area contributed by atoms with Gasteiger partial charge >= 0.3 is 0 Å². The van der Waals surface area contributed by atoms with Crippen molar-refractivity contribution in [2.75, 3.05) is 5.32 Å². The predicted octanol–water partition coefficient (Wildman–Crippen LogP) is 5.24. The third kappa shape index (κ3) is 3.90. The molecule has 0 atom stereocenters. The van der Waals surface area contributed by atoms with Crippen LogP contribution in [-0.4, -0.2) is 25.7 Å². The molecule has 0 spiro atoms. The van der Waals surface area contributed by atoms with E-state index in [1.165, 1.54) is 11.1 Å². The lowest BCUT2D eigenvalue weighted by atomic mass is 10.1. The number of hydrogen-bond acceptors (Lipinski definition) is 5. The van der Waals surface area contributed by atoms with Gasteiger partial charge in [-0.15, -0.1) is 11.3 Å². The van der Waals surface area contributed by atoms with E-state index in [1.54, 1.807) is 28.4 Å². The Bertz CT molecular complexity index is 1390. The molecular formula is C25H21N5OS. The first-order valence-electron chi connectivity index (χ1n) is 10.3. The Labute approximate surface area is 189 Å². The van der Waals surface area contributed by atoms with Crippen molar-refractivity contribution in [2.45, 2.75) is 13.3 Å². The number of pyridine rings is 2. The molecule has 4 aromatic heterocycles. The van der Waals surface area contributed by atoms with Crippen molar-refractivity contribution in [3.8, 4) is 10.6 Å². The molecule has 1 aromatic carbocycles. The molecule has 4 heterocycles. The van der Waals surface area contributed by atoms with Gasteiger partial charge in [0.15, 0.2) is 5.65 Å². The summed E-state index contributed by atoms with van der Waals surface area (Å²) in [4.78, 5) is 23.1. The Morgan fingerprint density at radius 3 is 2.53 bits per heavy atom. The number of hydrogen-bond donors (Lipinski definition) is 1. The second kappa shape index (κ2) is 8.36. The minimum atomic E-state index is -0.173. The summed E-state index contributed by atoms with van der Waals surface area (Å²) in [6, 6.07) is 17.8. The molecule has 7 heteroatoms. The minimum Gasteiger partial charge on any atom is -0.322 e. The zero-order chi connectivity index (χ0) is 22.1. The Hall–Kier alpha value is -3.84. The Morgan fingerprint density at radius 2 is 1.81 bits per heavy atom. The van der Waals surface area contributed by atoms with E-state index in [0.717, 1.165) is 33.8 Å². The number of aryl methyl sites for hydroxylation is 2. The van der Waals surface area contributed by atoms with Gasteiger partial charge in [-0.2, -0.15) is 5.10 Å². The molecule has 0 saturated carbocycles. The van der Waals surface area contributed by atoms with Crippen LogP contribution in [0.5, 0.6) is 0 Å². The van der Waals surface area contributed by atoms with E-state index in [9.17, 15) is 4.79 Å². The second-order valence-electron chi connectivity index (χ2n) is 7.62. The number of thiophene rings is 1. The van der Waals surface area contributed by atoms with Crippen LogP contribution in [0.4, 0.5) is 5.69 Å². The Balaban J connectivity index is 1.44. The van der Waals surface area contributed by atoms with E-state index in [0.29, 0.717) is 11.2 Å². The molecular weight excluding hydrogens is 418 g/mol. The van der Waals surface area contributed by atoms with Crippen molar-refractivity contribution in [1.82, 2.24) is 19.7 Å². The molecule has 0 aliphatic carbocycles. The monoisotopic (exact) mass is 439 g/mol. The highest BCUT2D eigenvalue weighted by atomic mass is 32.1. The lowest BCUT2D eigenvalue weighted by molar-refractivity contribution is 0.102. The van der Waals surface area contributed by atoms with Gasteiger partial charge in [0, 0.05) is 25.1 Å². The first kappa shape index (κ1) is 20.1. The molecule has 158 valence electrons. The first-order chi connectivity index (χ1) is 15.6. The summed E-state index contributed by atoms with van der Waals surface area (Å²) in [6.07, 6.45) is 4.41. The molecule has 6 nitrogen and oxygen atoms in total. The fraction of sp³-hybridized carbons (Fsp3) is 0.120. The molecule has 32 heavy (non-hydrogen) atoms. The van der Waals surface area contributed by atoms with Crippen LogP contribution in [0.25, 0.3) is 21.6 Å². The van der Waals surface area contributed by atoms with Gasteiger partial charge in [0.2, 0.25) is 0 Å². The molecule has 0 saturated heterocycles. The summed E-state index contributed by atoms with van der Waals surface area (Å²) in [5.74, 6) is -0.173. The maximum Gasteiger partial charge on any atom is 0.256 e.